The molecule has 0 heterocycles. The van der Waals surface area contributed by atoms with Crippen LogP contribution in [-0.2, 0) is 0 Å². The highest BCUT2D eigenvalue weighted by Gasteiger charge is 2.04. The van der Waals surface area contributed by atoms with Crippen LogP contribution in [0.4, 0.5) is 0 Å². The zero-order valence-corrected chi connectivity index (χ0v) is 7.82. The van der Waals surface area contributed by atoms with Crippen LogP contribution in [0.3, 0.4) is 0 Å². The Balaban J connectivity index is 3.22. The molecule has 0 aromatic carbocycles. The minimum absolute atomic E-state index is 0.347. The Hall–Kier alpha value is 0.440. The van der Waals surface area contributed by atoms with Crippen molar-refractivity contribution in [1.29, 1.82) is 0 Å². The third-order valence-corrected chi connectivity index (χ3v) is 2.43. The summed E-state index contributed by atoms with van der Waals surface area (Å²) in [6, 6.07) is 0.347. The van der Waals surface area contributed by atoms with Gasteiger partial charge in [0, 0.05) is 11.4 Å². The molecule has 2 N–H and O–H groups in total. The molecule has 56 valence electrons. The van der Waals surface area contributed by atoms with Gasteiger partial charge in [-0.05, 0) is 12.3 Å². The molecule has 1 unspecified atom stereocenters. The van der Waals surface area contributed by atoms with Gasteiger partial charge in [-0.25, -0.2) is 0 Å². The summed E-state index contributed by atoms with van der Waals surface area (Å²) in [5.41, 5.74) is 5.70. The van der Waals surface area contributed by atoms with Crippen LogP contribution in [0.2, 0.25) is 0 Å². The Morgan fingerprint density at radius 1 is 1.56 bits per heavy atom. The van der Waals surface area contributed by atoms with Crippen molar-refractivity contribution in [2.45, 2.75) is 32.7 Å². The van der Waals surface area contributed by atoms with Crippen LogP contribution >= 0.6 is 15.9 Å². The van der Waals surface area contributed by atoms with E-state index in [0.717, 1.165) is 17.7 Å². The summed E-state index contributed by atoms with van der Waals surface area (Å²) < 4.78 is 0. The third-order valence-electron chi connectivity index (χ3n) is 1.60. The van der Waals surface area contributed by atoms with E-state index in [2.05, 4.69) is 29.8 Å². The molecule has 0 spiro atoms. The van der Waals surface area contributed by atoms with Crippen molar-refractivity contribution in [2.24, 2.45) is 11.7 Å². The van der Waals surface area contributed by atoms with Gasteiger partial charge in [-0.3, -0.25) is 0 Å². The first-order chi connectivity index (χ1) is 4.20. The van der Waals surface area contributed by atoms with Crippen LogP contribution in [0, 0.1) is 5.92 Å². The van der Waals surface area contributed by atoms with Gasteiger partial charge in [-0.1, -0.05) is 36.2 Å². The molecule has 0 amide bonds. The lowest BCUT2D eigenvalue weighted by molar-refractivity contribution is 0.474. The van der Waals surface area contributed by atoms with E-state index in [9.17, 15) is 0 Å². The van der Waals surface area contributed by atoms with Gasteiger partial charge >= 0.3 is 0 Å². The normalized spacial score (nSPS) is 17.3. The zero-order valence-electron chi connectivity index (χ0n) is 6.23. The monoisotopic (exact) mass is 193 g/mol. The molecule has 2 atom stereocenters. The van der Waals surface area contributed by atoms with Gasteiger partial charge in [-0.2, -0.15) is 0 Å². The number of rotatable bonds is 4. The predicted molar refractivity (Wildman–Crippen MR) is 45.8 cm³/mol. The lowest BCUT2D eigenvalue weighted by Gasteiger charge is -2.12. The van der Waals surface area contributed by atoms with E-state index in [1.807, 2.05) is 0 Å². The number of halogens is 1. The van der Waals surface area contributed by atoms with Gasteiger partial charge in [0.2, 0.25) is 0 Å². The van der Waals surface area contributed by atoms with Crippen LogP contribution in [0.15, 0.2) is 0 Å². The molecule has 0 radical (unpaired) electrons. The summed E-state index contributed by atoms with van der Waals surface area (Å²) in [6.45, 7) is 4.44. The fourth-order valence-electron chi connectivity index (χ4n) is 0.746. The minimum Gasteiger partial charge on any atom is -0.327 e. The van der Waals surface area contributed by atoms with E-state index in [4.69, 9.17) is 5.73 Å². The standard InChI is InChI=1S/C7H16BrN/c1-3-6(2)4-7(9)5-8/h6-7H,3-5,9H2,1-2H3/t6?,7-/m0/s1. The summed E-state index contributed by atoms with van der Waals surface area (Å²) >= 11 is 3.35. The van der Waals surface area contributed by atoms with E-state index in [1.165, 1.54) is 6.42 Å². The second-order valence-electron chi connectivity index (χ2n) is 2.66. The molecule has 0 fully saturated rings. The first-order valence-electron chi connectivity index (χ1n) is 3.52. The van der Waals surface area contributed by atoms with Crippen molar-refractivity contribution in [2.75, 3.05) is 5.33 Å². The molecule has 9 heavy (non-hydrogen) atoms. The van der Waals surface area contributed by atoms with Gasteiger partial charge in [0.25, 0.3) is 0 Å². The van der Waals surface area contributed by atoms with Gasteiger partial charge in [-0.15, -0.1) is 0 Å². The molecule has 0 aromatic heterocycles. The molecule has 0 aliphatic carbocycles. The van der Waals surface area contributed by atoms with Crippen LogP contribution in [0.5, 0.6) is 0 Å². The molecule has 0 bridgehead atoms. The van der Waals surface area contributed by atoms with Crippen molar-refractivity contribution < 1.29 is 0 Å². The van der Waals surface area contributed by atoms with Gasteiger partial charge in [0.05, 0.1) is 0 Å². The van der Waals surface area contributed by atoms with E-state index < -0.39 is 0 Å². The fraction of sp³-hybridized carbons (Fsp3) is 1.00. The second kappa shape index (κ2) is 5.24. The third kappa shape index (κ3) is 4.91. The van der Waals surface area contributed by atoms with E-state index in [-0.39, 0.29) is 0 Å². The van der Waals surface area contributed by atoms with Crippen molar-refractivity contribution >= 4 is 15.9 Å². The van der Waals surface area contributed by atoms with Crippen molar-refractivity contribution in [1.82, 2.24) is 0 Å². The summed E-state index contributed by atoms with van der Waals surface area (Å²) in [4.78, 5) is 0. The average molecular weight is 194 g/mol. The maximum absolute atomic E-state index is 5.70. The molecule has 0 aliphatic rings. The summed E-state index contributed by atoms with van der Waals surface area (Å²) in [7, 11) is 0. The van der Waals surface area contributed by atoms with Crippen LogP contribution in [0.1, 0.15) is 26.7 Å². The van der Waals surface area contributed by atoms with Crippen molar-refractivity contribution in [3.63, 3.8) is 0 Å². The number of alkyl halides is 1. The SMILES string of the molecule is CCC(C)C[C@H](N)CBr. The minimum atomic E-state index is 0.347. The second-order valence-corrected chi connectivity index (χ2v) is 3.31. The molecule has 1 nitrogen and oxygen atoms in total. The maximum Gasteiger partial charge on any atom is 0.0183 e. The molecular formula is C7H16BrN. The molecule has 0 rings (SSSR count). The summed E-state index contributed by atoms with van der Waals surface area (Å²) in [5.74, 6) is 0.776. The van der Waals surface area contributed by atoms with Crippen molar-refractivity contribution in [3.8, 4) is 0 Å². The molecular weight excluding hydrogens is 178 g/mol. The largest absolute Gasteiger partial charge is 0.327 e. The Morgan fingerprint density at radius 3 is 2.44 bits per heavy atom. The summed E-state index contributed by atoms with van der Waals surface area (Å²) in [5, 5.41) is 0.928. The van der Waals surface area contributed by atoms with E-state index in [0.29, 0.717) is 6.04 Å². The first-order valence-corrected chi connectivity index (χ1v) is 4.64. The molecule has 0 saturated heterocycles. The lowest BCUT2D eigenvalue weighted by atomic mass is 10.0. The predicted octanol–water partition coefficient (Wildman–Crippen LogP) is 2.14. The number of nitrogens with two attached hydrogens (primary N) is 1. The molecule has 2 heteroatoms. The molecule has 0 aliphatic heterocycles. The Bertz CT molecular complexity index is 57.9. The van der Waals surface area contributed by atoms with Gasteiger partial charge in [0.1, 0.15) is 0 Å². The van der Waals surface area contributed by atoms with Gasteiger partial charge in [0.15, 0.2) is 0 Å². The van der Waals surface area contributed by atoms with E-state index >= 15 is 0 Å². The Morgan fingerprint density at radius 2 is 2.11 bits per heavy atom. The van der Waals surface area contributed by atoms with Crippen molar-refractivity contribution in [3.05, 3.63) is 0 Å². The highest BCUT2D eigenvalue weighted by molar-refractivity contribution is 9.09. The number of hydrogen-bond donors (Lipinski definition) is 1. The Labute approximate surface area is 66.1 Å². The maximum atomic E-state index is 5.70. The quantitative estimate of drug-likeness (QED) is 0.681. The molecule has 0 aromatic rings. The van der Waals surface area contributed by atoms with Crippen LogP contribution in [-0.4, -0.2) is 11.4 Å². The van der Waals surface area contributed by atoms with E-state index in [1.54, 1.807) is 0 Å². The van der Waals surface area contributed by atoms with Gasteiger partial charge < -0.3 is 5.73 Å². The fourth-order valence-corrected chi connectivity index (χ4v) is 1.01. The zero-order chi connectivity index (χ0) is 7.28. The topological polar surface area (TPSA) is 26.0 Å². The lowest BCUT2D eigenvalue weighted by Crippen LogP contribution is -2.23. The average Bonchev–Trinajstić information content (AvgIpc) is 1.87. The first kappa shape index (κ1) is 9.44. The highest BCUT2D eigenvalue weighted by atomic mass is 79.9. The van der Waals surface area contributed by atoms with Crippen LogP contribution < -0.4 is 5.73 Å². The summed E-state index contributed by atoms with van der Waals surface area (Å²) in [6.07, 6.45) is 2.38. The number of hydrogen-bond acceptors (Lipinski definition) is 1. The molecule has 0 saturated carbocycles. The highest BCUT2D eigenvalue weighted by Crippen LogP contribution is 2.09. The van der Waals surface area contributed by atoms with Crippen LogP contribution in [0.25, 0.3) is 0 Å². The smallest absolute Gasteiger partial charge is 0.0183 e. The Kier molecular flexibility index (Phi) is 5.50.